The van der Waals surface area contributed by atoms with Crippen molar-refractivity contribution in [1.29, 1.82) is 0 Å². The van der Waals surface area contributed by atoms with E-state index in [1.807, 2.05) is 42.6 Å². The van der Waals surface area contributed by atoms with E-state index < -0.39 is 6.10 Å². The van der Waals surface area contributed by atoms with E-state index in [-0.39, 0.29) is 5.91 Å². The summed E-state index contributed by atoms with van der Waals surface area (Å²) >= 11 is 0. The zero-order chi connectivity index (χ0) is 19.8. The molecule has 0 atom stereocenters. The summed E-state index contributed by atoms with van der Waals surface area (Å²) < 4.78 is 1.73. The number of β-amino-alcohol motifs (C(OH)–C–C–N with tert-alkyl or cyclic N) is 1. The maximum atomic E-state index is 12.3. The molecule has 0 bridgehead atoms. The Morgan fingerprint density at radius 1 is 1.07 bits per heavy atom. The average Bonchev–Trinajstić information content (AvgIpc) is 3.14. The highest BCUT2D eigenvalue weighted by atomic mass is 16.3. The lowest BCUT2D eigenvalue weighted by Crippen LogP contribution is -2.53. The molecule has 3 aromatic heterocycles. The molecular weight excluding hydrogens is 368 g/mol. The van der Waals surface area contributed by atoms with Gasteiger partial charge in [-0.25, -0.2) is 4.52 Å². The highest BCUT2D eigenvalue weighted by molar-refractivity contribution is 5.95. The molecule has 29 heavy (non-hydrogen) atoms. The summed E-state index contributed by atoms with van der Waals surface area (Å²) in [6.45, 7) is 0.785. The standard InChI is InChI=1S/C21H18N6O2/c28-17-12-26(13-17)20(29)15-3-5-16(6-4-15)23-21-24-19-18(2-1-11-27(19)25-21)14-7-9-22-10-8-14/h1-11,17,28H,12-13H2,(H,23,25). The van der Waals surface area contributed by atoms with Crippen LogP contribution in [0.5, 0.6) is 0 Å². The first-order chi connectivity index (χ1) is 14.2. The Bertz CT molecular complexity index is 1170. The Morgan fingerprint density at radius 3 is 2.55 bits per heavy atom. The van der Waals surface area contributed by atoms with Gasteiger partial charge in [0.1, 0.15) is 0 Å². The van der Waals surface area contributed by atoms with Crippen molar-refractivity contribution in [2.24, 2.45) is 0 Å². The first kappa shape index (κ1) is 17.3. The number of aliphatic hydroxyl groups is 1. The van der Waals surface area contributed by atoms with Crippen molar-refractivity contribution in [3.8, 4) is 11.1 Å². The average molecular weight is 386 g/mol. The van der Waals surface area contributed by atoms with E-state index in [0.29, 0.717) is 24.6 Å². The van der Waals surface area contributed by atoms with E-state index in [9.17, 15) is 9.90 Å². The number of hydrogen-bond donors (Lipinski definition) is 2. The number of fused-ring (bicyclic) bond motifs is 1. The van der Waals surface area contributed by atoms with Gasteiger partial charge < -0.3 is 15.3 Å². The third-order valence-electron chi connectivity index (χ3n) is 4.89. The minimum atomic E-state index is -0.405. The van der Waals surface area contributed by atoms with Gasteiger partial charge in [-0.05, 0) is 54.1 Å². The number of anilines is 2. The molecule has 4 heterocycles. The van der Waals surface area contributed by atoms with Crippen molar-refractivity contribution in [3.63, 3.8) is 0 Å². The van der Waals surface area contributed by atoms with E-state index in [0.717, 1.165) is 22.5 Å². The van der Waals surface area contributed by atoms with Crippen molar-refractivity contribution in [3.05, 3.63) is 72.7 Å². The molecule has 1 aromatic carbocycles. The van der Waals surface area contributed by atoms with Crippen LogP contribution in [0.15, 0.2) is 67.1 Å². The molecule has 0 aliphatic carbocycles. The molecule has 0 unspecified atom stereocenters. The van der Waals surface area contributed by atoms with Crippen molar-refractivity contribution >= 4 is 23.2 Å². The van der Waals surface area contributed by atoms with E-state index in [1.54, 1.807) is 33.9 Å². The number of carbonyl (C=O) groups is 1. The predicted molar refractivity (Wildman–Crippen MR) is 108 cm³/mol. The van der Waals surface area contributed by atoms with Crippen LogP contribution in [0.2, 0.25) is 0 Å². The smallest absolute Gasteiger partial charge is 0.254 e. The van der Waals surface area contributed by atoms with Crippen molar-refractivity contribution in [1.82, 2.24) is 24.5 Å². The maximum Gasteiger partial charge on any atom is 0.254 e. The number of benzene rings is 1. The number of nitrogens with one attached hydrogen (secondary N) is 1. The highest BCUT2D eigenvalue weighted by Crippen LogP contribution is 2.24. The Kier molecular flexibility index (Phi) is 4.18. The van der Waals surface area contributed by atoms with Gasteiger partial charge in [-0.1, -0.05) is 0 Å². The molecule has 1 aliphatic rings. The summed E-state index contributed by atoms with van der Waals surface area (Å²) in [6, 6.07) is 14.9. The van der Waals surface area contributed by atoms with Crippen LogP contribution < -0.4 is 5.32 Å². The van der Waals surface area contributed by atoms with Gasteiger partial charge in [-0.15, -0.1) is 5.10 Å². The van der Waals surface area contributed by atoms with E-state index >= 15 is 0 Å². The van der Waals surface area contributed by atoms with Crippen LogP contribution in [0.25, 0.3) is 16.8 Å². The second-order valence-corrected chi connectivity index (χ2v) is 6.93. The topological polar surface area (TPSA) is 95.7 Å². The van der Waals surface area contributed by atoms with Crippen LogP contribution in [-0.4, -0.2) is 54.7 Å². The Hall–Kier alpha value is -3.78. The van der Waals surface area contributed by atoms with Crippen LogP contribution >= 0.6 is 0 Å². The summed E-state index contributed by atoms with van der Waals surface area (Å²) in [4.78, 5) is 22.6. The highest BCUT2D eigenvalue weighted by Gasteiger charge is 2.29. The Labute approximate surface area is 166 Å². The first-order valence-corrected chi connectivity index (χ1v) is 9.27. The fraction of sp³-hybridized carbons (Fsp3) is 0.143. The molecule has 8 heteroatoms. The lowest BCUT2D eigenvalue weighted by Gasteiger charge is -2.35. The molecule has 8 nitrogen and oxygen atoms in total. The molecule has 1 aliphatic heterocycles. The molecule has 2 N–H and O–H groups in total. The summed E-state index contributed by atoms with van der Waals surface area (Å²) in [5.41, 5.74) is 4.10. The fourth-order valence-corrected chi connectivity index (χ4v) is 3.34. The summed E-state index contributed by atoms with van der Waals surface area (Å²) in [7, 11) is 0. The second kappa shape index (κ2) is 6.99. The number of aromatic nitrogens is 4. The van der Waals surface area contributed by atoms with E-state index in [1.165, 1.54) is 0 Å². The van der Waals surface area contributed by atoms with Gasteiger partial charge in [0.2, 0.25) is 5.95 Å². The molecule has 5 rings (SSSR count). The first-order valence-electron chi connectivity index (χ1n) is 9.27. The summed E-state index contributed by atoms with van der Waals surface area (Å²) in [6.07, 6.45) is 4.94. The molecule has 0 saturated carbocycles. The zero-order valence-corrected chi connectivity index (χ0v) is 15.4. The summed E-state index contributed by atoms with van der Waals surface area (Å²) in [5, 5.41) is 17.0. The molecule has 1 saturated heterocycles. The monoisotopic (exact) mass is 386 g/mol. The SMILES string of the molecule is O=C(c1ccc(Nc2nc3c(-c4ccncc4)cccn3n2)cc1)N1CC(O)C1. The molecule has 1 fully saturated rings. The van der Waals surface area contributed by atoms with Gasteiger partial charge in [0.05, 0.1) is 6.10 Å². The number of nitrogens with zero attached hydrogens (tertiary/aromatic N) is 5. The van der Waals surface area contributed by atoms with Crippen LogP contribution in [0.3, 0.4) is 0 Å². The summed E-state index contributed by atoms with van der Waals surface area (Å²) in [5.74, 6) is 0.395. The number of carbonyl (C=O) groups excluding carboxylic acids is 1. The number of likely N-dealkylation sites (tertiary alicyclic amines) is 1. The molecule has 144 valence electrons. The fourth-order valence-electron chi connectivity index (χ4n) is 3.34. The third kappa shape index (κ3) is 3.30. The van der Waals surface area contributed by atoms with E-state index in [2.05, 4.69) is 20.4 Å². The number of pyridine rings is 2. The van der Waals surface area contributed by atoms with Crippen molar-refractivity contribution in [2.45, 2.75) is 6.10 Å². The van der Waals surface area contributed by atoms with Gasteiger partial charge in [0.25, 0.3) is 5.91 Å². The number of aliphatic hydroxyl groups excluding tert-OH is 1. The van der Waals surface area contributed by atoms with Crippen LogP contribution in [0.1, 0.15) is 10.4 Å². The van der Waals surface area contributed by atoms with Crippen molar-refractivity contribution < 1.29 is 9.90 Å². The lowest BCUT2D eigenvalue weighted by molar-refractivity contribution is 0.00590. The third-order valence-corrected chi connectivity index (χ3v) is 4.89. The zero-order valence-electron chi connectivity index (χ0n) is 15.4. The second-order valence-electron chi connectivity index (χ2n) is 6.93. The quantitative estimate of drug-likeness (QED) is 0.559. The number of hydrogen-bond acceptors (Lipinski definition) is 6. The largest absolute Gasteiger partial charge is 0.389 e. The lowest BCUT2D eigenvalue weighted by atomic mass is 10.1. The van der Waals surface area contributed by atoms with Crippen molar-refractivity contribution in [2.75, 3.05) is 18.4 Å². The number of amides is 1. The Balaban J connectivity index is 1.37. The van der Waals surface area contributed by atoms with Gasteiger partial charge in [-0.2, -0.15) is 4.98 Å². The van der Waals surface area contributed by atoms with Crippen LogP contribution in [-0.2, 0) is 0 Å². The minimum absolute atomic E-state index is 0.0744. The molecule has 4 aromatic rings. The number of rotatable bonds is 4. The minimum Gasteiger partial charge on any atom is -0.389 e. The molecule has 0 spiro atoms. The van der Waals surface area contributed by atoms with Gasteiger partial charge in [-0.3, -0.25) is 9.78 Å². The molecular formula is C21H18N6O2. The van der Waals surface area contributed by atoms with Gasteiger partial charge >= 0.3 is 0 Å². The van der Waals surface area contributed by atoms with Gasteiger partial charge in [0.15, 0.2) is 5.65 Å². The predicted octanol–water partition coefficient (Wildman–Crippen LogP) is 2.35. The maximum absolute atomic E-state index is 12.3. The Morgan fingerprint density at radius 2 is 1.83 bits per heavy atom. The normalized spacial score (nSPS) is 14.0. The van der Waals surface area contributed by atoms with E-state index in [4.69, 9.17) is 0 Å². The molecule has 0 radical (unpaired) electrons. The van der Waals surface area contributed by atoms with Crippen LogP contribution in [0, 0.1) is 0 Å². The van der Waals surface area contributed by atoms with Gasteiger partial charge in [0, 0.05) is 48.5 Å². The molecule has 1 amide bonds. The van der Waals surface area contributed by atoms with Crippen LogP contribution in [0.4, 0.5) is 11.6 Å².